The molecule has 0 aromatic carbocycles. The molecule has 0 aromatic rings. The second-order valence-electron chi connectivity index (χ2n) is 3.64. The largest absolute Gasteiger partial charge is 0.396 e. The maximum atomic E-state index is 10.7. The lowest BCUT2D eigenvalue weighted by Gasteiger charge is -2.37. The van der Waals surface area contributed by atoms with Gasteiger partial charge in [0.15, 0.2) is 0 Å². The number of aldehydes is 1. The van der Waals surface area contributed by atoms with Crippen molar-refractivity contribution in [3.63, 3.8) is 0 Å². The maximum Gasteiger partial charge on any atom is 0.128 e. The molecule has 3 nitrogen and oxygen atoms in total. The summed E-state index contributed by atoms with van der Waals surface area (Å²) < 4.78 is 0. The van der Waals surface area contributed by atoms with Crippen molar-refractivity contribution in [2.75, 3.05) is 6.61 Å². The van der Waals surface area contributed by atoms with Gasteiger partial charge in [0.2, 0.25) is 0 Å². The number of rotatable bonds is 5. The van der Waals surface area contributed by atoms with Crippen LogP contribution in [0.4, 0.5) is 0 Å². The van der Waals surface area contributed by atoms with Crippen LogP contribution in [0.2, 0.25) is 0 Å². The van der Waals surface area contributed by atoms with E-state index in [4.69, 9.17) is 5.11 Å². The summed E-state index contributed by atoms with van der Waals surface area (Å²) in [7, 11) is 0. The lowest BCUT2D eigenvalue weighted by molar-refractivity contribution is -0.133. The molecule has 0 bridgehead atoms. The van der Waals surface area contributed by atoms with Gasteiger partial charge in [-0.05, 0) is 19.8 Å². The summed E-state index contributed by atoms with van der Waals surface area (Å²) in [5.74, 6) is 0. The van der Waals surface area contributed by atoms with Crippen LogP contribution in [-0.2, 0) is 4.79 Å². The van der Waals surface area contributed by atoms with Gasteiger partial charge >= 0.3 is 0 Å². The van der Waals surface area contributed by atoms with Crippen molar-refractivity contribution < 1.29 is 15.0 Å². The van der Waals surface area contributed by atoms with Gasteiger partial charge in [0, 0.05) is 6.61 Å². The molecule has 0 spiro atoms. The van der Waals surface area contributed by atoms with Crippen LogP contribution in [0, 0.1) is 5.41 Å². The van der Waals surface area contributed by atoms with Crippen LogP contribution in [0.5, 0.6) is 0 Å². The van der Waals surface area contributed by atoms with Crippen molar-refractivity contribution in [3.8, 4) is 0 Å². The van der Waals surface area contributed by atoms with Crippen LogP contribution in [0.3, 0.4) is 0 Å². The molecule has 0 saturated heterocycles. The number of hydrogen-bond donors (Lipinski definition) is 2. The molecule has 0 rings (SSSR count). The fourth-order valence-corrected chi connectivity index (χ4v) is 1.09. The summed E-state index contributed by atoms with van der Waals surface area (Å²) >= 11 is 0. The van der Waals surface area contributed by atoms with Gasteiger partial charge in [0.1, 0.15) is 6.29 Å². The fourth-order valence-electron chi connectivity index (χ4n) is 1.09. The van der Waals surface area contributed by atoms with Crippen LogP contribution in [-0.4, -0.2) is 28.7 Å². The number of hydrogen-bond acceptors (Lipinski definition) is 3. The monoisotopic (exact) mass is 174 g/mol. The summed E-state index contributed by atoms with van der Waals surface area (Å²) in [6.07, 6.45) is 1.57. The van der Waals surface area contributed by atoms with Gasteiger partial charge in [-0.2, -0.15) is 0 Å². The van der Waals surface area contributed by atoms with Gasteiger partial charge in [0.25, 0.3) is 0 Å². The maximum absolute atomic E-state index is 10.7. The van der Waals surface area contributed by atoms with Crippen LogP contribution >= 0.6 is 0 Å². The first kappa shape index (κ1) is 11.6. The molecular weight excluding hydrogens is 156 g/mol. The smallest absolute Gasteiger partial charge is 0.128 e. The Kier molecular flexibility index (Phi) is 3.87. The van der Waals surface area contributed by atoms with E-state index in [1.807, 2.05) is 6.92 Å². The Balaban J connectivity index is 4.57. The Morgan fingerprint density at radius 2 is 1.92 bits per heavy atom. The number of carbonyl (C=O) groups excluding carboxylic acids is 1. The lowest BCUT2D eigenvalue weighted by atomic mass is 9.72. The highest BCUT2D eigenvalue weighted by molar-refractivity contribution is 5.60. The molecule has 0 aliphatic heterocycles. The quantitative estimate of drug-likeness (QED) is 0.604. The van der Waals surface area contributed by atoms with Gasteiger partial charge in [-0.15, -0.1) is 0 Å². The van der Waals surface area contributed by atoms with Gasteiger partial charge in [-0.3, -0.25) is 0 Å². The first-order chi connectivity index (χ1) is 5.43. The second kappa shape index (κ2) is 4.01. The molecular formula is C9H18O3. The molecule has 0 fully saturated rings. The van der Waals surface area contributed by atoms with Crippen molar-refractivity contribution in [2.45, 2.75) is 39.2 Å². The second-order valence-corrected chi connectivity index (χ2v) is 3.64. The third-order valence-electron chi connectivity index (χ3n) is 2.82. The van der Waals surface area contributed by atoms with Crippen molar-refractivity contribution >= 4 is 6.29 Å². The minimum atomic E-state index is -1.11. The van der Waals surface area contributed by atoms with E-state index in [0.29, 0.717) is 6.42 Å². The van der Waals surface area contributed by atoms with E-state index < -0.39 is 11.0 Å². The number of aliphatic hydroxyl groups is 2. The predicted octanol–water partition coefficient (Wildman–Crippen LogP) is 0.735. The van der Waals surface area contributed by atoms with Gasteiger partial charge in [-0.25, -0.2) is 0 Å². The molecule has 0 aromatic heterocycles. The number of carbonyl (C=O) groups is 1. The third-order valence-corrected chi connectivity index (χ3v) is 2.82. The average Bonchev–Trinajstić information content (AvgIpc) is 2.02. The Labute approximate surface area is 73.4 Å². The van der Waals surface area contributed by atoms with Gasteiger partial charge in [-0.1, -0.05) is 13.8 Å². The lowest BCUT2D eigenvalue weighted by Crippen LogP contribution is -2.45. The zero-order valence-corrected chi connectivity index (χ0v) is 8.00. The Bertz CT molecular complexity index is 154. The molecule has 0 aliphatic carbocycles. The van der Waals surface area contributed by atoms with Crippen LogP contribution in [0.25, 0.3) is 0 Å². The van der Waals surface area contributed by atoms with E-state index in [-0.39, 0.29) is 13.0 Å². The van der Waals surface area contributed by atoms with E-state index in [1.54, 1.807) is 13.8 Å². The topological polar surface area (TPSA) is 57.5 Å². The summed E-state index contributed by atoms with van der Waals surface area (Å²) in [6.45, 7) is 5.04. The van der Waals surface area contributed by atoms with Crippen LogP contribution in [0.1, 0.15) is 33.6 Å². The SMILES string of the molecule is CCC(C)(C=O)C(C)(O)CCO. The first-order valence-corrected chi connectivity index (χ1v) is 4.23. The molecule has 0 aliphatic rings. The molecule has 2 N–H and O–H groups in total. The average molecular weight is 174 g/mol. The zero-order valence-electron chi connectivity index (χ0n) is 8.00. The molecule has 2 unspecified atom stereocenters. The molecule has 0 saturated carbocycles. The summed E-state index contributed by atoms with van der Waals surface area (Å²) in [5.41, 5.74) is -1.87. The van der Waals surface area contributed by atoms with Crippen LogP contribution < -0.4 is 0 Å². The number of aliphatic hydroxyl groups excluding tert-OH is 1. The predicted molar refractivity (Wildman–Crippen MR) is 46.8 cm³/mol. The summed E-state index contributed by atoms with van der Waals surface area (Å²) in [5, 5.41) is 18.5. The minimum Gasteiger partial charge on any atom is -0.396 e. The Hall–Kier alpha value is -0.410. The molecule has 0 heterocycles. The molecule has 0 amide bonds. The fraction of sp³-hybridized carbons (Fsp3) is 0.889. The summed E-state index contributed by atoms with van der Waals surface area (Å²) in [6, 6.07) is 0. The molecule has 12 heavy (non-hydrogen) atoms. The highest BCUT2D eigenvalue weighted by Gasteiger charge is 2.41. The van der Waals surface area contributed by atoms with Crippen molar-refractivity contribution in [1.82, 2.24) is 0 Å². The van der Waals surface area contributed by atoms with Crippen molar-refractivity contribution in [1.29, 1.82) is 0 Å². The molecule has 72 valence electrons. The molecule has 0 radical (unpaired) electrons. The van der Waals surface area contributed by atoms with E-state index in [2.05, 4.69) is 0 Å². The van der Waals surface area contributed by atoms with Crippen molar-refractivity contribution in [3.05, 3.63) is 0 Å². The molecule has 2 atom stereocenters. The first-order valence-electron chi connectivity index (χ1n) is 4.23. The van der Waals surface area contributed by atoms with Gasteiger partial charge in [0.05, 0.1) is 11.0 Å². The molecule has 3 heteroatoms. The van der Waals surface area contributed by atoms with E-state index >= 15 is 0 Å². The highest BCUT2D eigenvalue weighted by atomic mass is 16.3. The normalized spacial score (nSPS) is 21.1. The zero-order chi connectivity index (χ0) is 9.83. The third kappa shape index (κ3) is 2.05. The van der Waals surface area contributed by atoms with Gasteiger partial charge < -0.3 is 15.0 Å². The Morgan fingerprint density at radius 1 is 1.42 bits per heavy atom. The Morgan fingerprint density at radius 3 is 2.17 bits per heavy atom. The van der Waals surface area contributed by atoms with E-state index in [0.717, 1.165) is 6.29 Å². The highest BCUT2D eigenvalue weighted by Crippen LogP contribution is 2.34. The summed E-state index contributed by atoms with van der Waals surface area (Å²) in [4.78, 5) is 10.7. The minimum absolute atomic E-state index is 0.101. The van der Waals surface area contributed by atoms with E-state index in [9.17, 15) is 9.90 Å². The van der Waals surface area contributed by atoms with Crippen LogP contribution in [0.15, 0.2) is 0 Å². The van der Waals surface area contributed by atoms with Crippen molar-refractivity contribution in [2.24, 2.45) is 5.41 Å². The van der Waals surface area contributed by atoms with E-state index in [1.165, 1.54) is 0 Å². The standard InChI is InChI=1S/C9H18O3/c1-4-8(2,7-11)9(3,12)5-6-10/h7,10,12H,4-6H2,1-3H3.